The Labute approximate surface area is 139 Å². The van der Waals surface area contributed by atoms with Gasteiger partial charge in [-0.1, -0.05) is 12.2 Å². The van der Waals surface area contributed by atoms with Crippen molar-refractivity contribution in [1.29, 1.82) is 0 Å². The van der Waals surface area contributed by atoms with Gasteiger partial charge in [0.05, 0.1) is 11.2 Å². The lowest BCUT2D eigenvalue weighted by Crippen LogP contribution is -2.31. The van der Waals surface area contributed by atoms with Gasteiger partial charge in [-0.25, -0.2) is 4.98 Å². The highest BCUT2D eigenvalue weighted by Crippen LogP contribution is 2.24. The fraction of sp³-hybridized carbons (Fsp3) is 0.722. The van der Waals surface area contributed by atoms with Gasteiger partial charge in [-0.15, -0.1) is 11.3 Å². The molecule has 0 N–H and O–H groups in total. The first-order chi connectivity index (χ1) is 10.7. The van der Waals surface area contributed by atoms with E-state index in [9.17, 15) is 0 Å². The molecule has 1 fully saturated rings. The van der Waals surface area contributed by atoms with E-state index in [1.165, 1.54) is 62.4 Å². The van der Waals surface area contributed by atoms with Crippen LogP contribution in [0.1, 0.15) is 36.3 Å². The molecule has 0 saturated carbocycles. The average Bonchev–Trinajstić information content (AvgIpc) is 3.10. The normalized spacial score (nSPS) is 26.1. The maximum absolute atomic E-state index is 4.36. The van der Waals surface area contributed by atoms with Crippen molar-refractivity contribution in [3.8, 4) is 0 Å². The molecule has 0 radical (unpaired) electrons. The van der Waals surface area contributed by atoms with Gasteiger partial charge < -0.3 is 9.80 Å². The number of thiazole rings is 1. The van der Waals surface area contributed by atoms with Crippen LogP contribution in [0.3, 0.4) is 0 Å². The van der Waals surface area contributed by atoms with Crippen molar-refractivity contribution in [2.24, 2.45) is 11.8 Å². The summed E-state index contributed by atoms with van der Waals surface area (Å²) in [4.78, 5) is 11.0. The largest absolute Gasteiger partial charge is 0.303 e. The third-order valence-corrected chi connectivity index (χ3v) is 6.01. The highest BCUT2D eigenvalue weighted by Gasteiger charge is 2.25. The van der Waals surface area contributed by atoms with Crippen molar-refractivity contribution in [3.05, 3.63) is 28.2 Å². The van der Waals surface area contributed by atoms with E-state index in [4.69, 9.17) is 0 Å². The Balaban J connectivity index is 1.40. The molecule has 0 unspecified atom stereocenters. The second-order valence-electron chi connectivity index (χ2n) is 7.12. The molecule has 122 valence electrons. The van der Waals surface area contributed by atoms with E-state index in [0.29, 0.717) is 0 Å². The molecule has 0 aromatic carbocycles. The van der Waals surface area contributed by atoms with Crippen molar-refractivity contribution in [2.45, 2.75) is 39.2 Å². The van der Waals surface area contributed by atoms with Gasteiger partial charge in [-0.3, -0.25) is 0 Å². The van der Waals surface area contributed by atoms with Gasteiger partial charge in [-0.2, -0.15) is 0 Å². The minimum atomic E-state index is 0.845. The molecular weight excluding hydrogens is 290 g/mol. The van der Waals surface area contributed by atoms with Crippen LogP contribution in [0.5, 0.6) is 0 Å². The molecule has 3 rings (SSSR count). The van der Waals surface area contributed by atoms with Crippen LogP contribution in [0, 0.1) is 18.8 Å². The van der Waals surface area contributed by atoms with Crippen LogP contribution in [0.25, 0.3) is 0 Å². The summed E-state index contributed by atoms with van der Waals surface area (Å²) < 4.78 is 0. The summed E-state index contributed by atoms with van der Waals surface area (Å²) in [7, 11) is 2.26. The minimum Gasteiger partial charge on any atom is -0.303 e. The highest BCUT2D eigenvalue weighted by atomic mass is 32.1. The molecule has 2 heterocycles. The molecule has 1 saturated heterocycles. The summed E-state index contributed by atoms with van der Waals surface area (Å²) in [5.74, 6) is 1.75. The Hall–Kier alpha value is -0.710. The van der Waals surface area contributed by atoms with E-state index in [0.717, 1.165) is 18.4 Å². The second-order valence-corrected chi connectivity index (χ2v) is 8.06. The molecule has 4 heteroatoms. The van der Waals surface area contributed by atoms with Crippen molar-refractivity contribution < 1.29 is 0 Å². The fourth-order valence-electron chi connectivity index (χ4n) is 3.84. The molecule has 1 aromatic heterocycles. The zero-order valence-corrected chi connectivity index (χ0v) is 14.8. The van der Waals surface area contributed by atoms with E-state index in [1.807, 2.05) is 5.51 Å². The van der Waals surface area contributed by atoms with E-state index in [-0.39, 0.29) is 0 Å². The number of rotatable bonds is 6. The fourth-order valence-corrected chi connectivity index (χ4v) is 4.70. The predicted molar refractivity (Wildman–Crippen MR) is 94.2 cm³/mol. The van der Waals surface area contributed by atoms with Crippen LogP contribution in [-0.2, 0) is 6.54 Å². The lowest BCUT2D eigenvalue weighted by Gasteiger charge is -2.25. The number of allylic oxidation sites excluding steroid dienone is 2. The maximum Gasteiger partial charge on any atom is 0.0798 e. The smallest absolute Gasteiger partial charge is 0.0798 e. The number of hydrogen-bond acceptors (Lipinski definition) is 4. The van der Waals surface area contributed by atoms with Gasteiger partial charge in [-0.05, 0) is 58.0 Å². The lowest BCUT2D eigenvalue weighted by atomic mass is 9.94. The van der Waals surface area contributed by atoms with Gasteiger partial charge in [0, 0.05) is 31.1 Å². The third-order valence-electron chi connectivity index (χ3n) is 5.09. The standard InChI is InChI=1S/C18H29N3S/c1-15-18(22-14-19-15)13-20(2)10-17-8-9-21(12-17)11-16-6-4-3-5-7-16/h3-4,14,16-17H,5-13H2,1-2H3/t16-,17+/m1/s1. The second kappa shape index (κ2) is 7.71. The van der Waals surface area contributed by atoms with E-state index >= 15 is 0 Å². The van der Waals surface area contributed by atoms with Crippen molar-refractivity contribution in [2.75, 3.05) is 33.2 Å². The first-order valence-corrected chi connectivity index (χ1v) is 9.53. The van der Waals surface area contributed by atoms with Crippen LogP contribution in [0.4, 0.5) is 0 Å². The van der Waals surface area contributed by atoms with Crippen LogP contribution >= 0.6 is 11.3 Å². The summed E-state index contributed by atoms with van der Waals surface area (Å²) in [6, 6.07) is 0. The minimum absolute atomic E-state index is 0.845. The van der Waals surface area contributed by atoms with Crippen LogP contribution in [-0.4, -0.2) is 48.0 Å². The zero-order valence-electron chi connectivity index (χ0n) is 14.0. The van der Waals surface area contributed by atoms with Gasteiger partial charge in [0.15, 0.2) is 0 Å². The molecule has 2 atom stereocenters. The molecule has 1 aliphatic heterocycles. The van der Waals surface area contributed by atoms with Gasteiger partial charge >= 0.3 is 0 Å². The van der Waals surface area contributed by atoms with Gasteiger partial charge in [0.2, 0.25) is 0 Å². The van der Waals surface area contributed by atoms with Crippen molar-refractivity contribution in [1.82, 2.24) is 14.8 Å². The Kier molecular flexibility index (Phi) is 5.66. The predicted octanol–water partition coefficient (Wildman–Crippen LogP) is 3.56. The molecule has 1 aromatic rings. The summed E-state index contributed by atoms with van der Waals surface area (Å²) >= 11 is 1.79. The van der Waals surface area contributed by atoms with E-state index in [1.54, 1.807) is 11.3 Å². The first kappa shape index (κ1) is 16.2. The van der Waals surface area contributed by atoms with Crippen molar-refractivity contribution in [3.63, 3.8) is 0 Å². The SMILES string of the molecule is Cc1ncsc1CN(C)C[C@@H]1CCN(C[C@@H]2CC=CCC2)C1. The Morgan fingerprint density at radius 2 is 2.23 bits per heavy atom. The molecule has 3 nitrogen and oxygen atoms in total. The molecule has 22 heavy (non-hydrogen) atoms. The molecule has 2 aliphatic rings. The zero-order chi connectivity index (χ0) is 15.4. The molecule has 1 aliphatic carbocycles. The quantitative estimate of drug-likeness (QED) is 0.747. The Morgan fingerprint density at radius 1 is 1.32 bits per heavy atom. The number of aryl methyl sites for hydroxylation is 1. The molecule has 0 amide bonds. The summed E-state index contributed by atoms with van der Waals surface area (Å²) in [5, 5.41) is 0. The number of aromatic nitrogens is 1. The highest BCUT2D eigenvalue weighted by molar-refractivity contribution is 7.09. The van der Waals surface area contributed by atoms with Crippen LogP contribution in [0.2, 0.25) is 0 Å². The monoisotopic (exact) mass is 319 g/mol. The van der Waals surface area contributed by atoms with Crippen molar-refractivity contribution >= 4 is 11.3 Å². The van der Waals surface area contributed by atoms with Crippen LogP contribution in [0.15, 0.2) is 17.7 Å². The summed E-state index contributed by atoms with van der Waals surface area (Å²) in [5.41, 5.74) is 3.17. The van der Waals surface area contributed by atoms with Gasteiger partial charge in [0.25, 0.3) is 0 Å². The lowest BCUT2D eigenvalue weighted by molar-refractivity contribution is 0.235. The molecule has 0 spiro atoms. The number of likely N-dealkylation sites (tertiary alicyclic amines) is 1. The summed E-state index contributed by atoms with van der Waals surface area (Å²) in [6.45, 7) is 8.32. The number of nitrogens with zero attached hydrogens (tertiary/aromatic N) is 3. The Bertz CT molecular complexity index is 496. The molecular formula is C18H29N3S. The van der Waals surface area contributed by atoms with E-state index in [2.05, 4.69) is 40.9 Å². The molecule has 0 bridgehead atoms. The summed E-state index contributed by atoms with van der Waals surface area (Å²) in [6.07, 6.45) is 10.1. The Morgan fingerprint density at radius 3 is 2.95 bits per heavy atom. The average molecular weight is 320 g/mol. The third kappa shape index (κ3) is 4.40. The van der Waals surface area contributed by atoms with Gasteiger partial charge in [0.1, 0.15) is 0 Å². The topological polar surface area (TPSA) is 19.4 Å². The maximum atomic E-state index is 4.36. The van der Waals surface area contributed by atoms with Crippen LogP contribution < -0.4 is 0 Å². The van der Waals surface area contributed by atoms with E-state index < -0.39 is 0 Å². The number of hydrogen-bond donors (Lipinski definition) is 0. The first-order valence-electron chi connectivity index (χ1n) is 8.65.